The van der Waals surface area contributed by atoms with Crippen molar-refractivity contribution in [3.8, 4) is 11.5 Å². The van der Waals surface area contributed by atoms with Gasteiger partial charge in [0.15, 0.2) is 0 Å². The van der Waals surface area contributed by atoms with Crippen LogP contribution in [0.5, 0.6) is 0 Å². The molecule has 2 N–H and O–H groups in total. The van der Waals surface area contributed by atoms with Gasteiger partial charge >= 0.3 is 18.2 Å². The van der Waals surface area contributed by atoms with Crippen molar-refractivity contribution in [2.45, 2.75) is 6.18 Å². The number of anilines is 1. The number of rotatable bonds is 2. The molecule has 2 aliphatic rings. The predicted octanol–water partition coefficient (Wildman–Crippen LogP) is 2.68. The Kier molecular flexibility index (Phi) is 5.56. The van der Waals surface area contributed by atoms with Crippen molar-refractivity contribution >= 4 is 23.6 Å². The normalized spacial score (nSPS) is 21.6. The van der Waals surface area contributed by atoms with Gasteiger partial charge < -0.3 is 19.7 Å². The maximum Gasteiger partial charge on any atom is 0.490 e. The molecule has 2 aliphatic heterocycles. The zero-order chi connectivity index (χ0) is 19.6. The Morgan fingerprint density at radius 1 is 1.19 bits per heavy atom. The molecule has 0 saturated carbocycles. The van der Waals surface area contributed by atoms with Gasteiger partial charge in [0.1, 0.15) is 0 Å². The Balaban J connectivity index is 0.000000260. The van der Waals surface area contributed by atoms with Crippen LogP contribution >= 0.6 is 11.6 Å². The summed E-state index contributed by atoms with van der Waals surface area (Å²) >= 11 is 5.88. The van der Waals surface area contributed by atoms with Gasteiger partial charge in [-0.05, 0) is 36.1 Å². The third kappa shape index (κ3) is 4.69. The number of carbonyl (C=O) groups is 1. The highest BCUT2D eigenvalue weighted by Gasteiger charge is 2.38. The van der Waals surface area contributed by atoms with Crippen molar-refractivity contribution in [1.82, 2.24) is 15.5 Å². The summed E-state index contributed by atoms with van der Waals surface area (Å²) in [6.07, 6.45) is -5.08. The summed E-state index contributed by atoms with van der Waals surface area (Å²) in [7, 11) is 0. The number of hydrogen-bond donors (Lipinski definition) is 2. The average Bonchev–Trinajstić information content (AvgIpc) is 3.30. The number of aromatic nitrogens is 2. The Bertz CT molecular complexity index is 785. The number of benzene rings is 1. The fourth-order valence-corrected chi connectivity index (χ4v) is 3.19. The van der Waals surface area contributed by atoms with E-state index in [0.29, 0.717) is 28.8 Å². The smallest absolute Gasteiger partial charge is 0.475 e. The lowest BCUT2D eigenvalue weighted by Gasteiger charge is -2.13. The molecule has 2 atom stereocenters. The first-order valence-corrected chi connectivity index (χ1v) is 8.47. The molecule has 2 aromatic rings. The molecule has 0 radical (unpaired) electrons. The van der Waals surface area contributed by atoms with Crippen molar-refractivity contribution < 1.29 is 27.5 Å². The van der Waals surface area contributed by atoms with Gasteiger partial charge in [0, 0.05) is 36.8 Å². The molecule has 7 nitrogen and oxygen atoms in total. The molecule has 2 fully saturated rings. The second-order valence-electron chi connectivity index (χ2n) is 6.28. The Morgan fingerprint density at radius 2 is 1.74 bits per heavy atom. The molecule has 146 valence electrons. The average molecular weight is 405 g/mol. The summed E-state index contributed by atoms with van der Waals surface area (Å²) in [5, 5.41) is 19.6. The summed E-state index contributed by atoms with van der Waals surface area (Å²) in [5.41, 5.74) is 0.897. The minimum Gasteiger partial charge on any atom is -0.475 e. The number of nitrogens with zero attached hydrogens (tertiary/aromatic N) is 3. The summed E-state index contributed by atoms with van der Waals surface area (Å²) < 4.78 is 37.5. The third-order valence-corrected chi connectivity index (χ3v) is 4.66. The molecule has 3 heterocycles. The number of carboxylic acids is 1. The monoisotopic (exact) mass is 404 g/mol. The standard InChI is InChI=1S/C14H15ClN4O.C2HF3O2/c15-12-3-1-9(2-4-12)13-17-18-14(20-13)19-7-10-5-16-6-11(10)8-19;3-2(4,5)1(6)7/h1-4,10-11,16H,5-8H2;(H,6,7). The maximum atomic E-state index is 10.6. The fraction of sp³-hybridized carbons (Fsp3) is 0.438. The van der Waals surface area contributed by atoms with Gasteiger partial charge in [-0.15, -0.1) is 5.10 Å². The van der Waals surface area contributed by atoms with E-state index in [1.54, 1.807) is 0 Å². The molecule has 11 heteroatoms. The molecular formula is C16H16ClF3N4O3. The van der Waals surface area contributed by atoms with Crippen LogP contribution in [0, 0.1) is 11.8 Å². The van der Waals surface area contributed by atoms with Gasteiger partial charge in [-0.2, -0.15) is 13.2 Å². The SMILES string of the molecule is Clc1ccc(-c2nnc(N3CC4CNCC4C3)o2)cc1.O=C(O)C(F)(F)F. The summed E-state index contributed by atoms with van der Waals surface area (Å²) in [6, 6.07) is 8.06. The van der Waals surface area contributed by atoms with Crippen LogP contribution in [0.2, 0.25) is 5.02 Å². The molecule has 0 amide bonds. The van der Waals surface area contributed by atoms with Gasteiger partial charge in [0.25, 0.3) is 0 Å². The molecule has 27 heavy (non-hydrogen) atoms. The highest BCUT2D eigenvalue weighted by molar-refractivity contribution is 6.30. The first-order chi connectivity index (χ1) is 12.7. The molecule has 0 bridgehead atoms. The minimum atomic E-state index is -5.08. The van der Waals surface area contributed by atoms with Crippen LogP contribution in [0.3, 0.4) is 0 Å². The van der Waals surface area contributed by atoms with E-state index in [9.17, 15) is 13.2 Å². The van der Waals surface area contributed by atoms with E-state index in [4.69, 9.17) is 25.9 Å². The zero-order valence-electron chi connectivity index (χ0n) is 13.9. The van der Waals surface area contributed by atoms with E-state index in [0.717, 1.165) is 31.7 Å². The highest BCUT2D eigenvalue weighted by atomic mass is 35.5. The van der Waals surface area contributed by atoms with Gasteiger partial charge in [0.2, 0.25) is 5.89 Å². The van der Waals surface area contributed by atoms with Crippen molar-refractivity contribution in [2.24, 2.45) is 11.8 Å². The molecule has 4 rings (SSSR count). The van der Waals surface area contributed by atoms with Crippen molar-refractivity contribution in [2.75, 3.05) is 31.1 Å². The number of alkyl halides is 3. The predicted molar refractivity (Wildman–Crippen MR) is 90.5 cm³/mol. The molecule has 1 aromatic heterocycles. The van der Waals surface area contributed by atoms with Crippen LogP contribution in [-0.4, -0.2) is 53.6 Å². The van der Waals surface area contributed by atoms with E-state index in [-0.39, 0.29) is 0 Å². The van der Waals surface area contributed by atoms with Gasteiger partial charge in [-0.1, -0.05) is 16.7 Å². The summed E-state index contributed by atoms with van der Waals surface area (Å²) in [4.78, 5) is 11.1. The quantitative estimate of drug-likeness (QED) is 0.795. The Hall–Kier alpha value is -2.33. The van der Waals surface area contributed by atoms with Crippen LogP contribution < -0.4 is 10.2 Å². The molecule has 1 aromatic carbocycles. The van der Waals surface area contributed by atoms with E-state index in [2.05, 4.69) is 20.4 Å². The lowest BCUT2D eigenvalue weighted by atomic mass is 10.0. The van der Waals surface area contributed by atoms with Crippen LogP contribution in [0.15, 0.2) is 28.7 Å². The third-order valence-electron chi connectivity index (χ3n) is 4.41. The Morgan fingerprint density at radius 3 is 2.26 bits per heavy atom. The number of nitrogens with one attached hydrogen (secondary N) is 1. The molecule has 2 saturated heterocycles. The minimum absolute atomic E-state index is 0.548. The van der Waals surface area contributed by atoms with E-state index >= 15 is 0 Å². The molecule has 0 aliphatic carbocycles. The van der Waals surface area contributed by atoms with Gasteiger partial charge in [-0.3, -0.25) is 0 Å². The number of carboxylic acid groups (broad SMARTS) is 1. The van der Waals surface area contributed by atoms with Crippen molar-refractivity contribution in [3.63, 3.8) is 0 Å². The number of hydrogen-bond acceptors (Lipinski definition) is 6. The molecular weight excluding hydrogens is 389 g/mol. The second kappa shape index (κ2) is 7.73. The molecule has 2 unspecified atom stereocenters. The van der Waals surface area contributed by atoms with E-state index < -0.39 is 12.1 Å². The summed E-state index contributed by atoms with van der Waals surface area (Å²) in [5.74, 6) is -0.791. The first-order valence-electron chi connectivity index (χ1n) is 8.09. The lowest BCUT2D eigenvalue weighted by molar-refractivity contribution is -0.192. The van der Waals surface area contributed by atoms with Gasteiger partial charge in [0.05, 0.1) is 0 Å². The van der Waals surface area contributed by atoms with Gasteiger partial charge in [-0.25, -0.2) is 4.79 Å². The van der Waals surface area contributed by atoms with Crippen LogP contribution in [-0.2, 0) is 4.79 Å². The van der Waals surface area contributed by atoms with Crippen LogP contribution in [0.1, 0.15) is 0 Å². The largest absolute Gasteiger partial charge is 0.490 e. The number of fused-ring (bicyclic) bond motifs is 1. The van der Waals surface area contributed by atoms with Crippen molar-refractivity contribution in [1.29, 1.82) is 0 Å². The van der Waals surface area contributed by atoms with Crippen LogP contribution in [0.25, 0.3) is 11.5 Å². The zero-order valence-corrected chi connectivity index (χ0v) is 14.7. The fourth-order valence-electron chi connectivity index (χ4n) is 3.06. The lowest BCUT2D eigenvalue weighted by Crippen LogP contribution is -2.25. The molecule has 0 spiro atoms. The number of halogens is 4. The van der Waals surface area contributed by atoms with Crippen molar-refractivity contribution in [3.05, 3.63) is 29.3 Å². The van der Waals surface area contributed by atoms with Crippen LogP contribution in [0.4, 0.5) is 19.2 Å². The summed E-state index contributed by atoms with van der Waals surface area (Å²) in [6.45, 7) is 4.19. The van der Waals surface area contributed by atoms with E-state index in [1.807, 2.05) is 24.3 Å². The topological polar surface area (TPSA) is 91.5 Å². The van der Waals surface area contributed by atoms with E-state index in [1.165, 1.54) is 0 Å². The number of aliphatic carboxylic acids is 1. The highest BCUT2D eigenvalue weighted by Crippen LogP contribution is 2.31. The maximum absolute atomic E-state index is 10.6. The second-order valence-corrected chi connectivity index (χ2v) is 6.72. The first kappa shape index (κ1) is 19.4. The Labute approximate surface area is 157 Å².